The average molecular weight is 219 g/mol. The zero-order valence-corrected chi connectivity index (χ0v) is 9.86. The third-order valence-corrected chi connectivity index (χ3v) is 2.81. The minimum atomic E-state index is 0.175. The number of hydrogen-bond donors (Lipinski definition) is 0. The zero-order valence-electron chi connectivity index (χ0n) is 9.86. The van der Waals surface area contributed by atoms with Crippen LogP contribution in [0.15, 0.2) is 6.20 Å². The number of aryl methyl sites for hydroxylation is 1. The second-order valence-electron chi connectivity index (χ2n) is 4.17. The summed E-state index contributed by atoms with van der Waals surface area (Å²) in [6.45, 7) is 5.87. The van der Waals surface area contributed by atoms with Crippen LogP contribution in [0.3, 0.4) is 0 Å². The summed E-state index contributed by atoms with van der Waals surface area (Å²) < 4.78 is 0. The van der Waals surface area contributed by atoms with Gasteiger partial charge in [0.25, 0.3) is 0 Å². The Morgan fingerprint density at radius 2 is 2.31 bits per heavy atom. The highest BCUT2D eigenvalue weighted by Gasteiger charge is 2.22. The first-order valence-corrected chi connectivity index (χ1v) is 5.84. The van der Waals surface area contributed by atoms with Crippen molar-refractivity contribution in [2.45, 2.75) is 33.1 Å². The molecule has 0 unspecified atom stereocenters. The van der Waals surface area contributed by atoms with Crippen molar-refractivity contribution in [1.82, 2.24) is 9.97 Å². The van der Waals surface area contributed by atoms with E-state index >= 15 is 0 Å². The molecular formula is C12H17N3O. The molecule has 1 aromatic rings. The molecule has 4 nitrogen and oxygen atoms in total. The zero-order chi connectivity index (χ0) is 11.5. The number of carbonyl (C=O) groups is 1. The van der Waals surface area contributed by atoms with Crippen LogP contribution in [0.5, 0.6) is 0 Å². The maximum atomic E-state index is 11.9. The van der Waals surface area contributed by atoms with E-state index in [2.05, 4.69) is 21.8 Å². The fraction of sp³-hybridized carbons (Fsp3) is 0.583. The number of carbonyl (C=O) groups excluding carboxylic acids is 1. The van der Waals surface area contributed by atoms with Gasteiger partial charge in [-0.25, -0.2) is 9.97 Å². The van der Waals surface area contributed by atoms with Crippen molar-refractivity contribution in [2.24, 2.45) is 0 Å². The van der Waals surface area contributed by atoms with E-state index in [9.17, 15) is 4.79 Å². The van der Waals surface area contributed by atoms with Crippen LogP contribution in [-0.2, 0) is 0 Å². The molecule has 1 aliphatic heterocycles. The van der Waals surface area contributed by atoms with Crippen molar-refractivity contribution in [3.8, 4) is 0 Å². The fourth-order valence-electron chi connectivity index (χ4n) is 2.05. The molecule has 0 aliphatic carbocycles. The fourth-order valence-corrected chi connectivity index (χ4v) is 2.05. The first-order valence-electron chi connectivity index (χ1n) is 5.84. The lowest BCUT2D eigenvalue weighted by Gasteiger charge is -2.22. The summed E-state index contributed by atoms with van der Waals surface area (Å²) in [4.78, 5) is 22.6. The van der Waals surface area contributed by atoms with E-state index in [0.717, 1.165) is 37.6 Å². The lowest BCUT2D eigenvalue weighted by Crippen LogP contribution is -2.26. The van der Waals surface area contributed by atoms with Crippen LogP contribution in [0.1, 0.15) is 42.4 Å². The van der Waals surface area contributed by atoms with Gasteiger partial charge in [0.05, 0.1) is 5.56 Å². The number of aromatic nitrogens is 2. The van der Waals surface area contributed by atoms with E-state index < -0.39 is 0 Å². The van der Waals surface area contributed by atoms with Crippen LogP contribution in [-0.4, -0.2) is 28.8 Å². The van der Waals surface area contributed by atoms with Crippen molar-refractivity contribution in [2.75, 3.05) is 18.0 Å². The van der Waals surface area contributed by atoms with Crippen molar-refractivity contribution in [3.05, 3.63) is 17.6 Å². The Balaban J connectivity index is 2.44. The molecule has 0 N–H and O–H groups in total. The SMILES string of the molecule is CCCN1CCCC(=O)c2cnc(C)nc21. The topological polar surface area (TPSA) is 46.1 Å². The lowest BCUT2D eigenvalue weighted by molar-refractivity contribution is 0.0983. The number of rotatable bonds is 2. The van der Waals surface area contributed by atoms with Crippen molar-refractivity contribution in [1.29, 1.82) is 0 Å². The molecule has 0 amide bonds. The highest BCUT2D eigenvalue weighted by atomic mass is 16.1. The molecule has 86 valence electrons. The molecule has 1 aliphatic rings. The third-order valence-electron chi connectivity index (χ3n) is 2.81. The summed E-state index contributed by atoms with van der Waals surface area (Å²) in [5.41, 5.74) is 0.691. The van der Waals surface area contributed by atoms with Gasteiger partial charge in [0, 0.05) is 25.7 Å². The molecule has 2 heterocycles. The van der Waals surface area contributed by atoms with Crippen LogP contribution < -0.4 is 4.90 Å². The molecule has 2 rings (SSSR count). The second kappa shape index (κ2) is 4.60. The molecule has 0 radical (unpaired) electrons. The van der Waals surface area contributed by atoms with Crippen molar-refractivity contribution >= 4 is 11.6 Å². The van der Waals surface area contributed by atoms with Gasteiger partial charge in [-0.3, -0.25) is 4.79 Å². The average Bonchev–Trinajstić information content (AvgIpc) is 2.40. The molecule has 0 atom stereocenters. The van der Waals surface area contributed by atoms with Gasteiger partial charge in [0.1, 0.15) is 11.6 Å². The monoisotopic (exact) mass is 219 g/mol. The van der Waals surface area contributed by atoms with E-state index in [1.807, 2.05) is 6.92 Å². The van der Waals surface area contributed by atoms with Crippen LogP contribution in [0.25, 0.3) is 0 Å². The Bertz CT molecular complexity index is 403. The van der Waals surface area contributed by atoms with E-state index in [0.29, 0.717) is 12.0 Å². The summed E-state index contributed by atoms with van der Waals surface area (Å²) in [6.07, 6.45) is 4.26. The summed E-state index contributed by atoms with van der Waals surface area (Å²) in [6, 6.07) is 0. The summed E-state index contributed by atoms with van der Waals surface area (Å²) in [5.74, 6) is 1.74. The first-order chi connectivity index (χ1) is 7.72. The molecule has 0 aromatic carbocycles. The highest BCUT2D eigenvalue weighted by Crippen LogP contribution is 2.23. The Hall–Kier alpha value is -1.45. The number of fused-ring (bicyclic) bond motifs is 1. The largest absolute Gasteiger partial charge is 0.356 e. The molecule has 0 saturated heterocycles. The second-order valence-corrected chi connectivity index (χ2v) is 4.17. The van der Waals surface area contributed by atoms with Gasteiger partial charge in [-0.05, 0) is 19.8 Å². The van der Waals surface area contributed by atoms with Gasteiger partial charge in [-0.1, -0.05) is 6.92 Å². The number of anilines is 1. The molecular weight excluding hydrogens is 202 g/mol. The van der Waals surface area contributed by atoms with Gasteiger partial charge in [0.2, 0.25) is 0 Å². The predicted molar refractivity (Wildman–Crippen MR) is 62.8 cm³/mol. The predicted octanol–water partition coefficient (Wildman–Crippen LogP) is 1.98. The van der Waals surface area contributed by atoms with Gasteiger partial charge in [-0.2, -0.15) is 0 Å². The number of nitrogens with zero attached hydrogens (tertiary/aromatic N) is 3. The Morgan fingerprint density at radius 3 is 3.06 bits per heavy atom. The van der Waals surface area contributed by atoms with Crippen LogP contribution in [0.2, 0.25) is 0 Å². The molecule has 0 saturated carbocycles. The Morgan fingerprint density at radius 1 is 1.50 bits per heavy atom. The molecule has 0 bridgehead atoms. The maximum absolute atomic E-state index is 11.9. The molecule has 4 heteroatoms. The van der Waals surface area contributed by atoms with Crippen LogP contribution in [0.4, 0.5) is 5.82 Å². The molecule has 0 spiro atoms. The maximum Gasteiger partial charge on any atom is 0.168 e. The summed E-state index contributed by atoms with van der Waals surface area (Å²) in [5, 5.41) is 0. The number of hydrogen-bond acceptors (Lipinski definition) is 4. The normalized spacial score (nSPS) is 15.9. The first kappa shape index (κ1) is 11.0. The molecule has 16 heavy (non-hydrogen) atoms. The van der Waals surface area contributed by atoms with Gasteiger partial charge in [-0.15, -0.1) is 0 Å². The summed E-state index contributed by atoms with van der Waals surface area (Å²) >= 11 is 0. The number of Topliss-reactive ketones (excluding diaryl/α,β-unsaturated/α-hetero) is 1. The van der Waals surface area contributed by atoms with E-state index in [4.69, 9.17) is 0 Å². The minimum absolute atomic E-state index is 0.175. The van der Waals surface area contributed by atoms with Crippen molar-refractivity contribution < 1.29 is 4.79 Å². The summed E-state index contributed by atoms with van der Waals surface area (Å²) in [7, 11) is 0. The van der Waals surface area contributed by atoms with Gasteiger partial charge < -0.3 is 4.90 Å². The van der Waals surface area contributed by atoms with E-state index in [1.165, 1.54) is 0 Å². The third kappa shape index (κ3) is 2.05. The molecule has 1 aromatic heterocycles. The Kier molecular flexibility index (Phi) is 3.17. The molecule has 0 fully saturated rings. The standard InChI is InChI=1S/C12H17N3O/c1-3-6-15-7-4-5-11(16)10-8-13-9(2)14-12(10)15/h8H,3-7H2,1-2H3. The van der Waals surface area contributed by atoms with Gasteiger partial charge >= 0.3 is 0 Å². The minimum Gasteiger partial charge on any atom is -0.356 e. The smallest absolute Gasteiger partial charge is 0.168 e. The van der Waals surface area contributed by atoms with Crippen molar-refractivity contribution in [3.63, 3.8) is 0 Å². The lowest BCUT2D eigenvalue weighted by atomic mass is 10.1. The van der Waals surface area contributed by atoms with E-state index in [1.54, 1.807) is 6.20 Å². The van der Waals surface area contributed by atoms with Gasteiger partial charge in [0.15, 0.2) is 5.78 Å². The highest BCUT2D eigenvalue weighted by molar-refractivity contribution is 6.00. The quantitative estimate of drug-likeness (QED) is 0.763. The van der Waals surface area contributed by atoms with Crippen LogP contribution in [0, 0.1) is 6.92 Å². The Labute approximate surface area is 95.7 Å². The van der Waals surface area contributed by atoms with E-state index in [-0.39, 0.29) is 5.78 Å². The van der Waals surface area contributed by atoms with Crippen LogP contribution >= 0.6 is 0 Å². The number of ketones is 1.